The second-order valence-electron chi connectivity index (χ2n) is 6.01. The fourth-order valence-electron chi connectivity index (χ4n) is 3.28. The first-order valence-corrected chi connectivity index (χ1v) is 9.02. The first-order chi connectivity index (χ1) is 9.38. The highest BCUT2D eigenvalue weighted by Gasteiger charge is 2.19. The molecule has 0 aromatic carbocycles. The van der Waals surface area contributed by atoms with E-state index in [0.29, 0.717) is 0 Å². The van der Waals surface area contributed by atoms with Gasteiger partial charge in [-0.2, -0.15) is 0 Å². The van der Waals surface area contributed by atoms with Gasteiger partial charge in [0, 0.05) is 10.9 Å². The number of rotatable bonds is 9. The summed E-state index contributed by atoms with van der Waals surface area (Å²) in [6.07, 6.45) is 12.6. The molecule has 1 N–H and O–H groups in total. The van der Waals surface area contributed by atoms with Gasteiger partial charge in [-0.05, 0) is 56.0 Å². The van der Waals surface area contributed by atoms with E-state index in [0.717, 1.165) is 12.0 Å². The van der Waals surface area contributed by atoms with Gasteiger partial charge in [0.25, 0.3) is 0 Å². The summed E-state index contributed by atoms with van der Waals surface area (Å²) in [4.78, 5) is 1.55. The maximum atomic E-state index is 3.78. The Morgan fingerprint density at radius 2 is 2.21 bits per heavy atom. The fraction of sp³-hybridized carbons (Fsp3) is 0.765. The molecule has 1 nitrogen and oxygen atoms in total. The summed E-state index contributed by atoms with van der Waals surface area (Å²) in [5.74, 6) is 1.01. The largest absolute Gasteiger partial charge is 0.314 e. The Kier molecular flexibility index (Phi) is 6.94. The van der Waals surface area contributed by atoms with Crippen LogP contribution >= 0.6 is 11.3 Å². The molecule has 1 heterocycles. The zero-order valence-electron chi connectivity index (χ0n) is 12.4. The lowest BCUT2D eigenvalue weighted by molar-refractivity contribution is 0.365. The highest BCUT2D eigenvalue weighted by atomic mass is 32.1. The molecule has 2 rings (SSSR count). The summed E-state index contributed by atoms with van der Waals surface area (Å²) in [5.41, 5.74) is 0. The van der Waals surface area contributed by atoms with Crippen LogP contribution in [0.4, 0.5) is 0 Å². The monoisotopic (exact) mass is 279 g/mol. The molecular formula is C17H29NS. The van der Waals surface area contributed by atoms with Crippen molar-refractivity contribution in [1.82, 2.24) is 5.32 Å². The second kappa shape index (κ2) is 8.76. The Hall–Kier alpha value is -0.340. The van der Waals surface area contributed by atoms with E-state index in [4.69, 9.17) is 0 Å². The minimum absolute atomic E-state index is 0.767. The highest BCUT2D eigenvalue weighted by molar-refractivity contribution is 7.09. The summed E-state index contributed by atoms with van der Waals surface area (Å²) >= 11 is 1.90. The quantitative estimate of drug-likeness (QED) is 0.669. The highest BCUT2D eigenvalue weighted by Crippen LogP contribution is 2.29. The van der Waals surface area contributed by atoms with E-state index in [1.54, 1.807) is 4.88 Å². The van der Waals surface area contributed by atoms with Gasteiger partial charge in [0.05, 0.1) is 0 Å². The number of nitrogens with one attached hydrogen (secondary N) is 1. The van der Waals surface area contributed by atoms with E-state index in [1.165, 1.54) is 64.3 Å². The molecule has 0 saturated heterocycles. The molecule has 1 fully saturated rings. The summed E-state index contributed by atoms with van der Waals surface area (Å²) in [6.45, 7) is 3.46. The molecule has 1 aromatic heterocycles. The molecule has 0 radical (unpaired) electrons. The van der Waals surface area contributed by atoms with Gasteiger partial charge in [-0.15, -0.1) is 11.3 Å². The van der Waals surface area contributed by atoms with Crippen LogP contribution in [0.3, 0.4) is 0 Å². The maximum absolute atomic E-state index is 3.78. The Morgan fingerprint density at radius 1 is 1.37 bits per heavy atom. The van der Waals surface area contributed by atoms with Crippen molar-refractivity contribution >= 4 is 11.3 Å². The predicted molar refractivity (Wildman–Crippen MR) is 85.9 cm³/mol. The molecule has 2 heteroatoms. The van der Waals surface area contributed by atoms with Crippen LogP contribution in [0.25, 0.3) is 0 Å². The zero-order chi connectivity index (χ0) is 13.3. The Bertz CT molecular complexity index is 314. The minimum Gasteiger partial charge on any atom is -0.314 e. The summed E-state index contributed by atoms with van der Waals surface area (Å²) in [5, 5.41) is 5.97. The third-order valence-electron chi connectivity index (χ3n) is 4.33. The number of aryl methyl sites for hydroxylation is 1. The SMILES string of the molecule is CCCNC(CCCc1cccs1)CC1CCCC1. The lowest BCUT2D eigenvalue weighted by atomic mass is 9.95. The fourth-order valence-corrected chi connectivity index (χ4v) is 4.03. The van der Waals surface area contributed by atoms with E-state index in [2.05, 4.69) is 29.8 Å². The van der Waals surface area contributed by atoms with Crippen molar-refractivity contribution in [3.63, 3.8) is 0 Å². The zero-order valence-corrected chi connectivity index (χ0v) is 13.2. The van der Waals surface area contributed by atoms with Gasteiger partial charge in [-0.3, -0.25) is 0 Å². The standard InChI is InChI=1S/C17H29NS/c1-2-12-18-16(14-15-7-3-4-8-15)9-5-10-17-11-6-13-19-17/h6,11,13,15-16,18H,2-5,7-10,12,14H2,1H3. The molecule has 1 aromatic rings. The van der Waals surface area contributed by atoms with Gasteiger partial charge in [-0.25, -0.2) is 0 Å². The van der Waals surface area contributed by atoms with Crippen molar-refractivity contribution in [1.29, 1.82) is 0 Å². The van der Waals surface area contributed by atoms with Crippen molar-refractivity contribution in [2.24, 2.45) is 5.92 Å². The van der Waals surface area contributed by atoms with Crippen molar-refractivity contribution in [3.8, 4) is 0 Å². The van der Waals surface area contributed by atoms with Crippen molar-refractivity contribution in [2.75, 3.05) is 6.54 Å². The lowest BCUT2D eigenvalue weighted by Crippen LogP contribution is -2.31. The van der Waals surface area contributed by atoms with Crippen LogP contribution < -0.4 is 5.32 Å². The van der Waals surface area contributed by atoms with Gasteiger partial charge in [-0.1, -0.05) is 38.7 Å². The molecule has 1 aliphatic rings. The van der Waals surface area contributed by atoms with Crippen molar-refractivity contribution < 1.29 is 0 Å². The number of hydrogen-bond donors (Lipinski definition) is 1. The van der Waals surface area contributed by atoms with Crippen LogP contribution in [0.15, 0.2) is 17.5 Å². The molecule has 1 saturated carbocycles. The topological polar surface area (TPSA) is 12.0 Å². The third kappa shape index (κ3) is 5.66. The molecule has 0 spiro atoms. The van der Waals surface area contributed by atoms with Crippen molar-refractivity contribution in [2.45, 2.75) is 70.8 Å². The van der Waals surface area contributed by atoms with Crippen LogP contribution in [0.5, 0.6) is 0 Å². The first-order valence-electron chi connectivity index (χ1n) is 8.14. The molecule has 19 heavy (non-hydrogen) atoms. The Morgan fingerprint density at radius 3 is 2.89 bits per heavy atom. The van der Waals surface area contributed by atoms with E-state index < -0.39 is 0 Å². The van der Waals surface area contributed by atoms with E-state index in [1.807, 2.05) is 11.3 Å². The molecule has 0 aliphatic heterocycles. The average Bonchev–Trinajstić information content (AvgIpc) is 3.08. The van der Waals surface area contributed by atoms with Gasteiger partial charge in [0.15, 0.2) is 0 Å². The molecule has 1 atom stereocenters. The van der Waals surface area contributed by atoms with Crippen molar-refractivity contribution in [3.05, 3.63) is 22.4 Å². The van der Waals surface area contributed by atoms with E-state index in [-0.39, 0.29) is 0 Å². The van der Waals surface area contributed by atoms with E-state index >= 15 is 0 Å². The van der Waals surface area contributed by atoms with Crippen LogP contribution in [0.2, 0.25) is 0 Å². The number of hydrogen-bond acceptors (Lipinski definition) is 2. The molecule has 0 amide bonds. The van der Waals surface area contributed by atoms with Crippen LogP contribution in [-0.4, -0.2) is 12.6 Å². The third-order valence-corrected chi connectivity index (χ3v) is 5.27. The van der Waals surface area contributed by atoms with Gasteiger partial charge >= 0.3 is 0 Å². The lowest BCUT2D eigenvalue weighted by Gasteiger charge is -2.21. The van der Waals surface area contributed by atoms with Gasteiger partial charge in [0.1, 0.15) is 0 Å². The van der Waals surface area contributed by atoms with E-state index in [9.17, 15) is 0 Å². The first kappa shape index (κ1) is 15.1. The number of thiophene rings is 1. The summed E-state index contributed by atoms with van der Waals surface area (Å²) in [7, 11) is 0. The van der Waals surface area contributed by atoms with Gasteiger partial charge in [0.2, 0.25) is 0 Å². The van der Waals surface area contributed by atoms with Gasteiger partial charge < -0.3 is 5.32 Å². The van der Waals surface area contributed by atoms with Crippen LogP contribution in [0, 0.1) is 5.92 Å². The minimum atomic E-state index is 0.767. The van der Waals surface area contributed by atoms with Crippen LogP contribution in [-0.2, 0) is 6.42 Å². The smallest absolute Gasteiger partial charge is 0.00698 e. The molecule has 0 bridgehead atoms. The Balaban J connectivity index is 1.69. The predicted octanol–water partition coefficient (Wildman–Crippen LogP) is 5.02. The molecular weight excluding hydrogens is 250 g/mol. The second-order valence-corrected chi connectivity index (χ2v) is 7.04. The summed E-state index contributed by atoms with van der Waals surface area (Å²) < 4.78 is 0. The normalized spacial score (nSPS) is 17.9. The molecule has 1 unspecified atom stereocenters. The summed E-state index contributed by atoms with van der Waals surface area (Å²) in [6, 6.07) is 5.21. The average molecular weight is 279 g/mol. The molecule has 1 aliphatic carbocycles. The van der Waals surface area contributed by atoms with Crippen LogP contribution in [0.1, 0.15) is 63.2 Å². The maximum Gasteiger partial charge on any atom is 0.00698 e. The Labute approximate surface area is 122 Å². The molecule has 108 valence electrons.